The summed E-state index contributed by atoms with van der Waals surface area (Å²) in [6.07, 6.45) is 3.45. The molecule has 0 spiro atoms. The van der Waals surface area contributed by atoms with Crippen molar-refractivity contribution < 1.29 is 9.53 Å². The Bertz CT molecular complexity index is 385. The lowest BCUT2D eigenvalue weighted by molar-refractivity contribution is -0.135. The number of carbonyl (C=O) groups is 1. The van der Waals surface area contributed by atoms with E-state index in [0.717, 1.165) is 12.8 Å². The molecule has 0 aliphatic heterocycles. The number of hydrogen-bond donors (Lipinski definition) is 1. The summed E-state index contributed by atoms with van der Waals surface area (Å²) in [7, 11) is 1.85. The van der Waals surface area contributed by atoms with Crippen molar-refractivity contribution in [3.63, 3.8) is 0 Å². The van der Waals surface area contributed by atoms with Crippen LogP contribution in [0.5, 0.6) is 5.75 Å². The number of hydrogen-bond acceptors (Lipinski definition) is 3. The van der Waals surface area contributed by atoms with E-state index in [2.05, 4.69) is 0 Å². The van der Waals surface area contributed by atoms with Gasteiger partial charge in [0.1, 0.15) is 5.75 Å². The molecule has 0 unspecified atom stereocenters. The molecular weight excluding hydrogens is 216 g/mol. The second-order valence-corrected chi connectivity index (χ2v) is 4.45. The number of rotatable bonds is 4. The van der Waals surface area contributed by atoms with Gasteiger partial charge in [0.2, 0.25) is 0 Å². The van der Waals surface area contributed by atoms with Crippen LogP contribution in [-0.2, 0) is 4.79 Å². The van der Waals surface area contributed by atoms with Crippen LogP contribution in [-0.4, -0.2) is 30.5 Å². The van der Waals surface area contributed by atoms with Gasteiger partial charge < -0.3 is 15.4 Å². The number of carbonyl (C=O) groups excluding carboxylic acids is 1. The van der Waals surface area contributed by atoms with E-state index in [1.807, 2.05) is 7.05 Å². The Morgan fingerprint density at radius 1 is 1.41 bits per heavy atom. The largest absolute Gasteiger partial charge is 0.484 e. The summed E-state index contributed by atoms with van der Waals surface area (Å²) in [5.41, 5.74) is 6.26. The molecule has 1 amide bonds. The van der Waals surface area contributed by atoms with Crippen LogP contribution in [0.1, 0.15) is 19.3 Å². The highest BCUT2D eigenvalue weighted by atomic mass is 16.5. The zero-order chi connectivity index (χ0) is 12.3. The number of amides is 1. The minimum atomic E-state index is 0.0338. The standard InChI is InChI=1S/C13H18N2O2/c1-15(11-3-2-4-11)13(16)9-17-12-7-5-10(14)6-8-12/h5-8,11H,2-4,9,14H2,1H3. The summed E-state index contributed by atoms with van der Waals surface area (Å²) in [5.74, 6) is 0.709. The van der Waals surface area contributed by atoms with E-state index in [-0.39, 0.29) is 12.5 Å². The molecule has 1 aromatic rings. The van der Waals surface area contributed by atoms with Crippen molar-refractivity contribution in [2.24, 2.45) is 0 Å². The Kier molecular flexibility index (Phi) is 3.52. The summed E-state index contributed by atoms with van der Waals surface area (Å²) in [6.45, 7) is 0.0942. The molecule has 0 bridgehead atoms. The maximum atomic E-state index is 11.8. The fourth-order valence-corrected chi connectivity index (χ4v) is 1.79. The van der Waals surface area contributed by atoms with Crippen molar-refractivity contribution in [1.29, 1.82) is 0 Å². The highest BCUT2D eigenvalue weighted by molar-refractivity contribution is 5.77. The fourth-order valence-electron chi connectivity index (χ4n) is 1.79. The van der Waals surface area contributed by atoms with Gasteiger partial charge in [-0.1, -0.05) is 0 Å². The van der Waals surface area contributed by atoms with Crippen LogP contribution in [0.25, 0.3) is 0 Å². The van der Waals surface area contributed by atoms with Crippen LogP contribution < -0.4 is 10.5 Å². The van der Waals surface area contributed by atoms with Gasteiger partial charge in [0.15, 0.2) is 6.61 Å². The summed E-state index contributed by atoms with van der Waals surface area (Å²) in [6, 6.07) is 7.47. The number of nitrogen functional groups attached to an aromatic ring is 1. The van der Waals surface area contributed by atoms with Crippen LogP contribution in [0, 0.1) is 0 Å². The lowest BCUT2D eigenvalue weighted by atomic mass is 9.92. The average molecular weight is 234 g/mol. The monoisotopic (exact) mass is 234 g/mol. The predicted octanol–water partition coefficient (Wildman–Crippen LogP) is 1.66. The molecule has 92 valence electrons. The van der Waals surface area contributed by atoms with E-state index in [1.165, 1.54) is 6.42 Å². The second-order valence-electron chi connectivity index (χ2n) is 4.45. The van der Waals surface area contributed by atoms with Gasteiger partial charge in [-0.2, -0.15) is 0 Å². The third-order valence-electron chi connectivity index (χ3n) is 3.26. The number of nitrogens with zero attached hydrogens (tertiary/aromatic N) is 1. The van der Waals surface area contributed by atoms with Crippen molar-refractivity contribution >= 4 is 11.6 Å². The van der Waals surface area contributed by atoms with Crippen LogP contribution >= 0.6 is 0 Å². The third kappa shape index (κ3) is 2.90. The molecule has 0 atom stereocenters. The van der Waals surface area contributed by atoms with Gasteiger partial charge in [0, 0.05) is 18.8 Å². The molecule has 4 nitrogen and oxygen atoms in total. The Hall–Kier alpha value is -1.71. The van der Waals surface area contributed by atoms with E-state index >= 15 is 0 Å². The highest BCUT2D eigenvalue weighted by Gasteiger charge is 2.25. The number of benzene rings is 1. The topological polar surface area (TPSA) is 55.6 Å². The van der Waals surface area contributed by atoms with Crippen molar-refractivity contribution in [2.75, 3.05) is 19.4 Å². The van der Waals surface area contributed by atoms with Gasteiger partial charge in [0.05, 0.1) is 0 Å². The Labute approximate surface area is 101 Å². The average Bonchev–Trinajstić information content (AvgIpc) is 2.25. The van der Waals surface area contributed by atoms with Crippen molar-refractivity contribution in [2.45, 2.75) is 25.3 Å². The van der Waals surface area contributed by atoms with E-state index in [1.54, 1.807) is 29.2 Å². The number of ether oxygens (including phenoxy) is 1. The molecule has 2 rings (SSSR count). The quantitative estimate of drug-likeness (QED) is 0.806. The molecule has 2 N–H and O–H groups in total. The summed E-state index contributed by atoms with van der Waals surface area (Å²) >= 11 is 0. The molecule has 1 aromatic carbocycles. The molecule has 0 saturated heterocycles. The Morgan fingerprint density at radius 2 is 2.06 bits per heavy atom. The van der Waals surface area contributed by atoms with E-state index in [0.29, 0.717) is 17.5 Å². The molecule has 1 fully saturated rings. The lowest BCUT2D eigenvalue weighted by Crippen LogP contribution is -2.43. The molecule has 1 aliphatic rings. The molecule has 1 aliphatic carbocycles. The Morgan fingerprint density at radius 3 is 2.59 bits per heavy atom. The van der Waals surface area contributed by atoms with E-state index < -0.39 is 0 Å². The maximum Gasteiger partial charge on any atom is 0.260 e. The van der Waals surface area contributed by atoms with Gasteiger partial charge in [-0.05, 0) is 43.5 Å². The fraction of sp³-hybridized carbons (Fsp3) is 0.462. The first-order chi connectivity index (χ1) is 8.16. The lowest BCUT2D eigenvalue weighted by Gasteiger charge is -2.34. The molecular formula is C13H18N2O2. The van der Waals surface area contributed by atoms with Crippen LogP contribution in [0.2, 0.25) is 0 Å². The summed E-state index contributed by atoms with van der Waals surface area (Å²) < 4.78 is 5.42. The van der Waals surface area contributed by atoms with Crippen LogP contribution in [0.3, 0.4) is 0 Å². The first-order valence-corrected chi connectivity index (χ1v) is 5.91. The van der Waals surface area contributed by atoms with Gasteiger partial charge in [0.25, 0.3) is 5.91 Å². The number of nitrogens with two attached hydrogens (primary N) is 1. The molecule has 17 heavy (non-hydrogen) atoms. The maximum absolute atomic E-state index is 11.8. The molecule has 1 saturated carbocycles. The minimum Gasteiger partial charge on any atom is -0.484 e. The zero-order valence-corrected chi connectivity index (χ0v) is 10.1. The van der Waals surface area contributed by atoms with Gasteiger partial charge in [-0.3, -0.25) is 4.79 Å². The number of anilines is 1. The first kappa shape index (κ1) is 11.8. The SMILES string of the molecule is CN(C(=O)COc1ccc(N)cc1)C1CCC1. The Balaban J connectivity index is 1.81. The normalized spacial score (nSPS) is 15.1. The second kappa shape index (κ2) is 5.08. The molecule has 0 aromatic heterocycles. The zero-order valence-electron chi connectivity index (χ0n) is 10.1. The van der Waals surface area contributed by atoms with Gasteiger partial charge in [-0.25, -0.2) is 0 Å². The van der Waals surface area contributed by atoms with Crippen molar-refractivity contribution in [3.05, 3.63) is 24.3 Å². The third-order valence-corrected chi connectivity index (χ3v) is 3.26. The molecule has 4 heteroatoms. The summed E-state index contributed by atoms with van der Waals surface area (Å²) in [5, 5.41) is 0. The van der Waals surface area contributed by atoms with E-state index in [9.17, 15) is 4.79 Å². The van der Waals surface area contributed by atoms with Crippen molar-refractivity contribution in [3.8, 4) is 5.75 Å². The van der Waals surface area contributed by atoms with Crippen LogP contribution in [0.15, 0.2) is 24.3 Å². The van der Waals surface area contributed by atoms with Gasteiger partial charge >= 0.3 is 0 Å². The summed E-state index contributed by atoms with van der Waals surface area (Å²) in [4.78, 5) is 13.6. The first-order valence-electron chi connectivity index (χ1n) is 5.91. The van der Waals surface area contributed by atoms with Crippen LogP contribution in [0.4, 0.5) is 5.69 Å². The predicted molar refractivity (Wildman–Crippen MR) is 66.8 cm³/mol. The van der Waals surface area contributed by atoms with E-state index in [4.69, 9.17) is 10.5 Å². The molecule has 0 heterocycles. The molecule has 0 radical (unpaired) electrons. The smallest absolute Gasteiger partial charge is 0.260 e. The number of likely N-dealkylation sites (N-methyl/N-ethyl adjacent to an activating group) is 1. The minimum absolute atomic E-state index is 0.0338. The highest BCUT2D eigenvalue weighted by Crippen LogP contribution is 2.23. The van der Waals surface area contributed by atoms with Gasteiger partial charge in [-0.15, -0.1) is 0 Å². The van der Waals surface area contributed by atoms with Crippen molar-refractivity contribution in [1.82, 2.24) is 4.90 Å².